The molecule has 0 unspecified atom stereocenters. The number of fused-ring (bicyclic) bond motifs is 1. The third kappa shape index (κ3) is 4.52. The molecular formula is C21H30N8O. The van der Waals surface area contributed by atoms with E-state index in [0.29, 0.717) is 13.2 Å². The quantitative estimate of drug-likeness (QED) is 0.604. The van der Waals surface area contributed by atoms with Crippen molar-refractivity contribution in [2.75, 3.05) is 50.0 Å². The lowest BCUT2D eigenvalue weighted by atomic mass is 10.2. The molecule has 1 aliphatic rings. The molecule has 0 amide bonds. The number of hydrogen-bond acceptors (Lipinski definition) is 8. The fourth-order valence-electron chi connectivity index (χ4n) is 3.85. The first-order valence-electron chi connectivity index (χ1n) is 10.7. The van der Waals surface area contributed by atoms with Gasteiger partial charge in [-0.3, -0.25) is 4.90 Å². The van der Waals surface area contributed by atoms with Crippen molar-refractivity contribution in [1.29, 1.82) is 0 Å². The van der Waals surface area contributed by atoms with E-state index in [9.17, 15) is 0 Å². The SMILES string of the molecule is CCCN(CCC)Cc1cc2c(N3CCOCC3)nc(-c3cnc(N)nc3)cn2n1. The zero-order valence-electron chi connectivity index (χ0n) is 17.8. The molecule has 1 saturated heterocycles. The van der Waals surface area contributed by atoms with E-state index in [1.807, 2.05) is 10.7 Å². The maximum absolute atomic E-state index is 5.65. The maximum atomic E-state index is 5.65. The highest BCUT2D eigenvalue weighted by atomic mass is 16.5. The molecule has 0 spiro atoms. The summed E-state index contributed by atoms with van der Waals surface area (Å²) >= 11 is 0. The van der Waals surface area contributed by atoms with Gasteiger partial charge < -0.3 is 15.4 Å². The highest BCUT2D eigenvalue weighted by Crippen LogP contribution is 2.26. The van der Waals surface area contributed by atoms with Gasteiger partial charge in [0.1, 0.15) is 5.52 Å². The van der Waals surface area contributed by atoms with Crippen molar-refractivity contribution in [3.8, 4) is 11.3 Å². The van der Waals surface area contributed by atoms with E-state index in [1.165, 1.54) is 0 Å². The van der Waals surface area contributed by atoms with Crippen LogP contribution in [0, 0.1) is 0 Å². The second kappa shape index (κ2) is 9.36. The van der Waals surface area contributed by atoms with E-state index >= 15 is 0 Å². The minimum Gasteiger partial charge on any atom is -0.378 e. The van der Waals surface area contributed by atoms with Crippen molar-refractivity contribution in [3.63, 3.8) is 0 Å². The van der Waals surface area contributed by atoms with Crippen LogP contribution in [-0.2, 0) is 11.3 Å². The molecule has 2 N–H and O–H groups in total. The molecule has 0 aromatic carbocycles. The Morgan fingerprint density at radius 2 is 1.80 bits per heavy atom. The first-order chi connectivity index (χ1) is 14.7. The smallest absolute Gasteiger partial charge is 0.219 e. The van der Waals surface area contributed by atoms with Crippen LogP contribution in [0.25, 0.3) is 16.8 Å². The average molecular weight is 411 g/mol. The summed E-state index contributed by atoms with van der Waals surface area (Å²) in [5, 5.41) is 4.89. The Hall–Kier alpha value is -2.78. The largest absolute Gasteiger partial charge is 0.378 e. The standard InChI is InChI=1S/C21H30N8O/c1-3-5-27(6-4-2)14-17-11-19-20(28-7-9-30-10-8-28)25-18(15-29(19)26-17)16-12-23-21(22)24-13-16/h11-13,15H,3-10,14H2,1-2H3,(H2,22,23,24). The number of hydrogen-bond donors (Lipinski definition) is 1. The summed E-state index contributed by atoms with van der Waals surface area (Å²) in [6.07, 6.45) is 7.62. The molecule has 1 fully saturated rings. The predicted octanol–water partition coefficient (Wildman–Crippen LogP) is 2.23. The highest BCUT2D eigenvalue weighted by Gasteiger charge is 2.20. The molecule has 9 nitrogen and oxygen atoms in total. The number of aromatic nitrogens is 5. The number of morpholine rings is 1. The van der Waals surface area contributed by atoms with Gasteiger partial charge in [0.2, 0.25) is 5.95 Å². The molecule has 30 heavy (non-hydrogen) atoms. The van der Waals surface area contributed by atoms with Crippen LogP contribution in [-0.4, -0.2) is 68.9 Å². The summed E-state index contributed by atoms with van der Waals surface area (Å²) in [7, 11) is 0. The molecule has 9 heteroatoms. The minimum absolute atomic E-state index is 0.251. The van der Waals surface area contributed by atoms with Gasteiger partial charge in [-0.15, -0.1) is 0 Å². The Bertz CT molecular complexity index is 959. The second-order valence-corrected chi connectivity index (χ2v) is 7.62. The summed E-state index contributed by atoms with van der Waals surface area (Å²) in [5.41, 5.74) is 9.31. The molecule has 160 valence electrons. The van der Waals surface area contributed by atoms with E-state index < -0.39 is 0 Å². The molecule has 4 rings (SSSR count). The predicted molar refractivity (Wildman–Crippen MR) is 117 cm³/mol. The van der Waals surface area contributed by atoms with Gasteiger partial charge in [0.15, 0.2) is 5.82 Å². The molecule has 0 saturated carbocycles. The van der Waals surface area contributed by atoms with Crippen LogP contribution in [0.15, 0.2) is 24.7 Å². The van der Waals surface area contributed by atoms with Gasteiger partial charge in [-0.1, -0.05) is 13.8 Å². The van der Waals surface area contributed by atoms with Crippen LogP contribution < -0.4 is 10.6 Å². The van der Waals surface area contributed by atoms with Crippen molar-refractivity contribution in [1.82, 2.24) is 29.5 Å². The lowest BCUT2D eigenvalue weighted by molar-refractivity contribution is 0.122. The van der Waals surface area contributed by atoms with Crippen molar-refractivity contribution in [3.05, 3.63) is 30.4 Å². The third-order valence-electron chi connectivity index (χ3n) is 5.23. The number of ether oxygens (including phenoxy) is 1. The monoisotopic (exact) mass is 410 g/mol. The van der Waals surface area contributed by atoms with Crippen LogP contribution in [0.3, 0.4) is 0 Å². The summed E-state index contributed by atoms with van der Waals surface area (Å²) in [6.45, 7) is 10.4. The van der Waals surface area contributed by atoms with Crippen LogP contribution in [0.1, 0.15) is 32.4 Å². The van der Waals surface area contributed by atoms with Crippen LogP contribution in [0.4, 0.5) is 11.8 Å². The molecule has 1 aliphatic heterocycles. The summed E-state index contributed by atoms with van der Waals surface area (Å²) < 4.78 is 7.48. The fraction of sp³-hybridized carbons (Fsp3) is 0.524. The second-order valence-electron chi connectivity index (χ2n) is 7.62. The van der Waals surface area contributed by atoms with Crippen molar-refractivity contribution < 1.29 is 4.74 Å². The Morgan fingerprint density at radius 3 is 2.47 bits per heavy atom. The lowest BCUT2D eigenvalue weighted by Crippen LogP contribution is -2.37. The Morgan fingerprint density at radius 1 is 1.10 bits per heavy atom. The summed E-state index contributed by atoms with van der Waals surface area (Å²) in [6, 6.07) is 2.17. The number of rotatable bonds is 8. The maximum Gasteiger partial charge on any atom is 0.219 e. The van der Waals surface area contributed by atoms with Gasteiger partial charge in [0, 0.05) is 37.6 Å². The number of nitrogens with two attached hydrogens (primary N) is 1. The summed E-state index contributed by atoms with van der Waals surface area (Å²) in [5.74, 6) is 1.17. The molecule has 0 atom stereocenters. The molecule has 4 heterocycles. The van der Waals surface area contributed by atoms with E-state index in [4.69, 9.17) is 20.6 Å². The summed E-state index contributed by atoms with van der Waals surface area (Å²) in [4.78, 5) is 17.9. The number of anilines is 2. The Kier molecular flexibility index (Phi) is 6.39. The van der Waals surface area contributed by atoms with Gasteiger partial charge in [0.05, 0.1) is 30.8 Å². The molecule has 0 radical (unpaired) electrons. The number of nitrogens with zero attached hydrogens (tertiary/aromatic N) is 7. The molecule has 0 aliphatic carbocycles. The van der Waals surface area contributed by atoms with E-state index in [2.05, 4.69) is 39.7 Å². The molecule has 3 aromatic rings. The highest BCUT2D eigenvalue weighted by molar-refractivity contribution is 5.73. The van der Waals surface area contributed by atoms with Gasteiger partial charge >= 0.3 is 0 Å². The normalized spacial score (nSPS) is 14.7. The molecule has 0 bridgehead atoms. The molecule has 3 aromatic heterocycles. The third-order valence-corrected chi connectivity index (χ3v) is 5.23. The first kappa shape index (κ1) is 20.5. The first-order valence-corrected chi connectivity index (χ1v) is 10.7. The van der Waals surface area contributed by atoms with Gasteiger partial charge in [-0.2, -0.15) is 5.10 Å². The van der Waals surface area contributed by atoms with E-state index in [0.717, 1.165) is 73.9 Å². The zero-order valence-corrected chi connectivity index (χ0v) is 17.8. The van der Waals surface area contributed by atoms with E-state index in [-0.39, 0.29) is 5.95 Å². The van der Waals surface area contributed by atoms with Crippen LogP contribution >= 0.6 is 0 Å². The van der Waals surface area contributed by atoms with Crippen molar-refractivity contribution in [2.45, 2.75) is 33.2 Å². The topological polar surface area (TPSA) is 97.7 Å². The Balaban J connectivity index is 1.74. The van der Waals surface area contributed by atoms with Gasteiger partial charge in [0.25, 0.3) is 0 Å². The minimum atomic E-state index is 0.251. The Labute approximate surface area is 176 Å². The van der Waals surface area contributed by atoms with Crippen LogP contribution in [0.5, 0.6) is 0 Å². The fourth-order valence-corrected chi connectivity index (χ4v) is 3.85. The van der Waals surface area contributed by atoms with E-state index in [1.54, 1.807) is 12.4 Å². The zero-order chi connectivity index (χ0) is 20.9. The van der Waals surface area contributed by atoms with Crippen LogP contribution in [0.2, 0.25) is 0 Å². The number of nitrogen functional groups attached to an aromatic ring is 1. The van der Waals surface area contributed by atoms with Gasteiger partial charge in [-0.05, 0) is 32.0 Å². The average Bonchev–Trinajstić information content (AvgIpc) is 3.17. The van der Waals surface area contributed by atoms with Gasteiger partial charge in [-0.25, -0.2) is 19.5 Å². The van der Waals surface area contributed by atoms with Crippen molar-refractivity contribution in [2.24, 2.45) is 0 Å². The lowest BCUT2D eigenvalue weighted by Gasteiger charge is -2.28. The van der Waals surface area contributed by atoms with Crippen molar-refractivity contribution >= 4 is 17.3 Å². The molecular weight excluding hydrogens is 380 g/mol.